The van der Waals surface area contributed by atoms with Gasteiger partial charge in [-0.25, -0.2) is 28.5 Å². The average Bonchev–Trinajstić information content (AvgIpc) is 3.37. The van der Waals surface area contributed by atoms with Crippen molar-refractivity contribution in [3.8, 4) is 11.5 Å². The van der Waals surface area contributed by atoms with Crippen LogP contribution in [0.3, 0.4) is 0 Å². The second-order valence-electron chi connectivity index (χ2n) is 8.77. The molecule has 1 unspecified atom stereocenters. The van der Waals surface area contributed by atoms with Gasteiger partial charge < -0.3 is 14.6 Å². The lowest BCUT2D eigenvalue weighted by Gasteiger charge is -2.39. The summed E-state index contributed by atoms with van der Waals surface area (Å²) < 4.78 is 31.4. The van der Waals surface area contributed by atoms with Gasteiger partial charge >= 0.3 is 6.03 Å². The van der Waals surface area contributed by atoms with Crippen molar-refractivity contribution < 1.29 is 18.0 Å². The minimum atomic E-state index is -0.769. The molecule has 2 N–H and O–H groups in total. The van der Waals surface area contributed by atoms with Gasteiger partial charge in [0.25, 0.3) is 0 Å². The zero-order chi connectivity index (χ0) is 22.9. The van der Waals surface area contributed by atoms with Gasteiger partial charge in [-0.05, 0) is 37.8 Å². The number of hydrogen-bond donors (Lipinski definition) is 2. The summed E-state index contributed by atoms with van der Waals surface area (Å²) in [6.07, 6.45) is 6.45. The quantitative estimate of drug-likeness (QED) is 0.582. The van der Waals surface area contributed by atoms with E-state index in [4.69, 9.17) is 4.42 Å². The lowest BCUT2D eigenvalue weighted by atomic mass is 9.97. The average molecular weight is 456 g/mol. The van der Waals surface area contributed by atoms with Gasteiger partial charge in [-0.3, -0.25) is 5.32 Å². The number of alkyl halides is 2. The number of hydrogen-bond acceptors (Lipinski definition) is 6. The van der Waals surface area contributed by atoms with Crippen molar-refractivity contribution in [3.63, 3.8) is 0 Å². The molecule has 8 nitrogen and oxygen atoms in total. The fourth-order valence-electron chi connectivity index (χ4n) is 4.98. The van der Waals surface area contributed by atoms with Crippen LogP contribution in [0, 0.1) is 6.92 Å². The smallest absolute Gasteiger partial charge is 0.323 e. The van der Waals surface area contributed by atoms with Crippen molar-refractivity contribution in [1.29, 1.82) is 0 Å². The van der Waals surface area contributed by atoms with Gasteiger partial charge in [0.05, 0.1) is 17.8 Å². The molecule has 10 heteroatoms. The fraction of sp³-hybridized carbons (Fsp3) is 0.478. The van der Waals surface area contributed by atoms with E-state index in [-0.39, 0.29) is 24.2 Å². The van der Waals surface area contributed by atoms with Crippen molar-refractivity contribution in [1.82, 2.24) is 25.2 Å². The predicted octanol–water partition coefficient (Wildman–Crippen LogP) is 4.02. The number of pyridine rings is 2. The summed E-state index contributed by atoms with van der Waals surface area (Å²) >= 11 is 0. The van der Waals surface area contributed by atoms with Crippen LogP contribution in [0.15, 0.2) is 35.0 Å². The Morgan fingerprint density at radius 1 is 1.18 bits per heavy atom. The SMILES string of the molecule is Cc1ncc(-c2ccc3cnc(NC(=O)N4[C@@H]5CC[C@H]4CC(NC(CF)CF)C5)cc3n2)o1. The number of aryl methyl sites for hydroxylation is 1. The number of carbonyl (C=O) groups excluding carboxylic acids is 1. The highest BCUT2D eigenvalue weighted by atomic mass is 19.1. The predicted molar refractivity (Wildman–Crippen MR) is 119 cm³/mol. The second kappa shape index (κ2) is 9.01. The highest BCUT2D eigenvalue weighted by Gasteiger charge is 2.43. The van der Waals surface area contributed by atoms with Crippen LogP contribution in [-0.2, 0) is 0 Å². The summed E-state index contributed by atoms with van der Waals surface area (Å²) in [6.45, 7) is 0.312. The summed E-state index contributed by atoms with van der Waals surface area (Å²) in [5.74, 6) is 1.56. The van der Waals surface area contributed by atoms with Gasteiger partial charge in [0.15, 0.2) is 11.7 Å². The molecule has 2 amide bonds. The molecule has 2 aliphatic rings. The molecule has 5 heterocycles. The number of nitrogens with one attached hydrogen (secondary N) is 2. The maximum atomic E-state index is 13.1. The Bertz CT molecular complexity index is 1140. The summed E-state index contributed by atoms with van der Waals surface area (Å²) in [7, 11) is 0. The summed E-state index contributed by atoms with van der Waals surface area (Å²) in [5.41, 5.74) is 1.33. The highest BCUT2D eigenvalue weighted by molar-refractivity contribution is 5.91. The number of urea groups is 1. The molecule has 5 rings (SSSR count). The minimum absolute atomic E-state index is 0.0178. The van der Waals surface area contributed by atoms with Gasteiger partial charge in [0.2, 0.25) is 0 Å². The molecular weight excluding hydrogens is 430 g/mol. The van der Waals surface area contributed by atoms with Gasteiger partial charge in [-0.2, -0.15) is 0 Å². The van der Waals surface area contributed by atoms with Crippen molar-refractivity contribution in [2.24, 2.45) is 0 Å². The Morgan fingerprint density at radius 2 is 1.94 bits per heavy atom. The number of piperidine rings is 1. The van der Waals surface area contributed by atoms with Gasteiger partial charge in [-0.1, -0.05) is 0 Å². The first-order valence-electron chi connectivity index (χ1n) is 11.2. The molecular formula is C23H26F2N6O2. The number of rotatable bonds is 6. The molecule has 3 aromatic rings. The number of aromatic nitrogens is 3. The van der Waals surface area contributed by atoms with Crippen LogP contribution in [0.25, 0.3) is 22.4 Å². The van der Waals surface area contributed by atoms with E-state index >= 15 is 0 Å². The first kappa shape index (κ1) is 21.7. The molecule has 0 spiro atoms. The molecule has 2 saturated heterocycles. The molecule has 0 radical (unpaired) electrons. The molecule has 0 aliphatic carbocycles. The van der Waals surface area contributed by atoms with E-state index in [2.05, 4.69) is 25.6 Å². The van der Waals surface area contributed by atoms with Crippen molar-refractivity contribution in [3.05, 3.63) is 36.5 Å². The molecule has 2 fully saturated rings. The van der Waals surface area contributed by atoms with E-state index in [1.807, 2.05) is 17.0 Å². The Balaban J connectivity index is 1.29. The van der Waals surface area contributed by atoms with E-state index in [0.29, 0.717) is 41.5 Å². The highest BCUT2D eigenvalue weighted by Crippen LogP contribution is 2.36. The summed E-state index contributed by atoms with van der Waals surface area (Å²) in [4.78, 5) is 28.1. The third-order valence-corrected chi connectivity index (χ3v) is 6.49. The molecule has 174 valence electrons. The van der Waals surface area contributed by atoms with Gasteiger partial charge in [0.1, 0.15) is 24.9 Å². The molecule has 2 bridgehead atoms. The maximum absolute atomic E-state index is 13.1. The van der Waals surface area contributed by atoms with Crippen LogP contribution in [0.5, 0.6) is 0 Å². The molecule has 0 saturated carbocycles. The zero-order valence-corrected chi connectivity index (χ0v) is 18.3. The number of anilines is 1. The number of nitrogens with zero attached hydrogens (tertiary/aromatic N) is 4. The molecule has 3 aromatic heterocycles. The van der Waals surface area contributed by atoms with Crippen molar-refractivity contribution in [2.75, 3.05) is 18.7 Å². The van der Waals surface area contributed by atoms with Crippen molar-refractivity contribution in [2.45, 2.75) is 56.8 Å². The third-order valence-electron chi connectivity index (χ3n) is 6.49. The van der Waals surface area contributed by atoms with E-state index < -0.39 is 19.4 Å². The molecule has 3 atom stereocenters. The van der Waals surface area contributed by atoms with Crippen LogP contribution >= 0.6 is 0 Å². The molecule has 33 heavy (non-hydrogen) atoms. The number of halogens is 2. The number of fused-ring (bicyclic) bond motifs is 3. The monoisotopic (exact) mass is 456 g/mol. The lowest BCUT2D eigenvalue weighted by molar-refractivity contribution is 0.133. The van der Waals surface area contributed by atoms with Gasteiger partial charge in [0, 0.05) is 42.7 Å². The Hall–Kier alpha value is -3.14. The lowest BCUT2D eigenvalue weighted by Crippen LogP contribution is -2.54. The Kier molecular flexibility index (Phi) is 5.92. The largest absolute Gasteiger partial charge is 0.439 e. The molecule has 0 aromatic carbocycles. The van der Waals surface area contributed by atoms with Crippen LogP contribution in [-0.4, -0.2) is 63.4 Å². The van der Waals surface area contributed by atoms with E-state index in [0.717, 1.165) is 18.2 Å². The summed E-state index contributed by atoms with van der Waals surface area (Å²) in [5, 5.41) is 6.81. The second-order valence-corrected chi connectivity index (χ2v) is 8.77. The molecule has 2 aliphatic heterocycles. The normalized spacial score (nSPS) is 22.3. The Labute approximate surface area is 189 Å². The minimum Gasteiger partial charge on any atom is -0.439 e. The standard InChI is InChI=1S/C23H26F2N6O2/c1-13-26-12-21(33-13)19-5-2-14-11-27-22(8-20(14)29-19)30-23(32)31-17-3-4-18(31)7-15(6-17)28-16(9-24)10-25/h2,5,8,11-12,15-18,28H,3-4,6-7,9-10H2,1H3,(H,27,30,32)/t15?,17-,18+. The van der Waals surface area contributed by atoms with Crippen LogP contribution in [0.4, 0.5) is 19.4 Å². The number of amides is 2. The third kappa shape index (κ3) is 4.39. The van der Waals surface area contributed by atoms with Crippen LogP contribution in [0.2, 0.25) is 0 Å². The Morgan fingerprint density at radius 3 is 2.61 bits per heavy atom. The maximum Gasteiger partial charge on any atom is 0.323 e. The van der Waals surface area contributed by atoms with Crippen molar-refractivity contribution >= 4 is 22.8 Å². The van der Waals surface area contributed by atoms with Crippen LogP contribution in [0.1, 0.15) is 31.6 Å². The van der Waals surface area contributed by atoms with E-state index in [1.165, 1.54) is 0 Å². The summed E-state index contributed by atoms with van der Waals surface area (Å²) in [6, 6.07) is 4.61. The van der Waals surface area contributed by atoms with E-state index in [9.17, 15) is 13.6 Å². The number of carbonyl (C=O) groups is 1. The zero-order valence-electron chi connectivity index (χ0n) is 18.3. The number of oxazole rings is 1. The topological polar surface area (TPSA) is 96.2 Å². The van der Waals surface area contributed by atoms with Gasteiger partial charge in [-0.15, -0.1) is 0 Å². The first-order chi connectivity index (χ1) is 16.0. The van der Waals surface area contributed by atoms with E-state index in [1.54, 1.807) is 25.4 Å². The fourth-order valence-corrected chi connectivity index (χ4v) is 4.98. The van der Waals surface area contributed by atoms with Crippen LogP contribution < -0.4 is 10.6 Å². The first-order valence-corrected chi connectivity index (χ1v) is 11.2.